The van der Waals surface area contributed by atoms with Gasteiger partial charge in [-0.15, -0.1) is 0 Å². The summed E-state index contributed by atoms with van der Waals surface area (Å²) >= 11 is 5.06. The Hall–Kier alpha value is -1.16. The summed E-state index contributed by atoms with van der Waals surface area (Å²) in [6, 6.07) is 5.71. The molecule has 0 aromatic heterocycles. The average Bonchev–Trinajstić information content (AvgIpc) is 2.46. The second-order valence-corrected chi connectivity index (χ2v) is 6.39. The predicted molar refractivity (Wildman–Crippen MR) is 84.6 cm³/mol. The summed E-state index contributed by atoms with van der Waals surface area (Å²) in [6.07, 6.45) is 7.60. The minimum atomic E-state index is -0.298. The van der Waals surface area contributed by atoms with Crippen molar-refractivity contribution in [1.82, 2.24) is 0 Å². The quantitative estimate of drug-likeness (QED) is 0.844. The van der Waals surface area contributed by atoms with Crippen molar-refractivity contribution in [1.29, 1.82) is 0 Å². The Morgan fingerprint density at radius 3 is 2.75 bits per heavy atom. The third kappa shape index (κ3) is 2.41. The van der Waals surface area contributed by atoms with Crippen LogP contribution in [0, 0.1) is 11.7 Å². The molecule has 1 heterocycles. The minimum Gasteiger partial charge on any atom is -0.389 e. The number of nitrogens with zero attached hydrogens (tertiary/aromatic N) is 1. The Bertz CT molecular complexity index is 515. The van der Waals surface area contributed by atoms with Gasteiger partial charge in [0.15, 0.2) is 0 Å². The Balaban J connectivity index is 1.99. The van der Waals surface area contributed by atoms with E-state index >= 15 is 0 Å². The molecule has 0 spiro atoms. The molecule has 1 aliphatic heterocycles. The van der Waals surface area contributed by atoms with Gasteiger partial charge in [0.2, 0.25) is 0 Å². The summed E-state index contributed by atoms with van der Waals surface area (Å²) < 4.78 is 14.1. The van der Waals surface area contributed by atoms with Crippen LogP contribution in [0.15, 0.2) is 18.2 Å². The molecule has 3 rings (SSSR count). The van der Waals surface area contributed by atoms with Crippen LogP contribution in [0.3, 0.4) is 0 Å². The lowest BCUT2D eigenvalue weighted by molar-refractivity contribution is 0.243. The molecular formula is C16H21FN2S. The van der Waals surface area contributed by atoms with Gasteiger partial charge in [-0.3, -0.25) is 0 Å². The molecule has 0 amide bonds. The van der Waals surface area contributed by atoms with E-state index in [2.05, 4.69) is 4.90 Å². The van der Waals surface area contributed by atoms with E-state index in [0.29, 0.717) is 11.6 Å². The number of thiocarbonyl (C=S) groups is 1. The molecule has 2 aliphatic rings. The summed E-state index contributed by atoms with van der Waals surface area (Å²) in [5.41, 5.74) is 7.08. The fraction of sp³-hybridized carbons (Fsp3) is 0.562. The number of benzene rings is 1. The second kappa shape index (κ2) is 5.68. The van der Waals surface area contributed by atoms with E-state index in [4.69, 9.17) is 18.0 Å². The molecule has 108 valence electrons. The maximum Gasteiger partial charge on any atom is 0.135 e. The van der Waals surface area contributed by atoms with Gasteiger partial charge in [0.05, 0.1) is 11.3 Å². The SMILES string of the molecule is NC(=S)c1c(F)cccc1N1CCCC2CCCCC21. The number of halogens is 1. The maximum absolute atomic E-state index is 14.1. The van der Waals surface area contributed by atoms with E-state index in [9.17, 15) is 4.39 Å². The molecule has 2 N–H and O–H groups in total. The van der Waals surface area contributed by atoms with Gasteiger partial charge in [-0.25, -0.2) is 4.39 Å². The largest absolute Gasteiger partial charge is 0.389 e. The molecule has 1 aliphatic carbocycles. The first kappa shape index (κ1) is 13.8. The van der Waals surface area contributed by atoms with Crippen LogP contribution in [-0.2, 0) is 0 Å². The first-order valence-electron chi connectivity index (χ1n) is 7.53. The number of rotatable bonds is 2. The van der Waals surface area contributed by atoms with Crippen molar-refractivity contribution in [2.75, 3.05) is 11.4 Å². The maximum atomic E-state index is 14.1. The average molecular weight is 292 g/mol. The summed E-state index contributed by atoms with van der Waals surface area (Å²) in [7, 11) is 0. The van der Waals surface area contributed by atoms with Crippen LogP contribution in [0.5, 0.6) is 0 Å². The molecule has 2 atom stereocenters. The highest BCUT2D eigenvalue weighted by Crippen LogP contribution is 2.39. The normalized spacial score (nSPS) is 26.1. The molecule has 20 heavy (non-hydrogen) atoms. The van der Waals surface area contributed by atoms with Crippen molar-refractivity contribution < 1.29 is 4.39 Å². The predicted octanol–water partition coefficient (Wildman–Crippen LogP) is 3.62. The van der Waals surface area contributed by atoms with E-state index in [1.165, 1.54) is 44.6 Å². The summed E-state index contributed by atoms with van der Waals surface area (Å²) in [5, 5.41) is 0. The van der Waals surface area contributed by atoms with Crippen LogP contribution in [0.1, 0.15) is 44.1 Å². The van der Waals surface area contributed by atoms with Crippen molar-refractivity contribution >= 4 is 22.9 Å². The lowest BCUT2D eigenvalue weighted by Crippen LogP contribution is -2.47. The van der Waals surface area contributed by atoms with Crippen molar-refractivity contribution in [3.05, 3.63) is 29.6 Å². The molecule has 0 radical (unpaired) electrons. The van der Waals surface area contributed by atoms with E-state index < -0.39 is 0 Å². The molecule has 2 fully saturated rings. The summed E-state index contributed by atoms with van der Waals surface area (Å²) in [5.74, 6) is 0.452. The Morgan fingerprint density at radius 2 is 1.95 bits per heavy atom. The number of piperidine rings is 1. The highest BCUT2D eigenvalue weighted by molar-refractivity contribution is 7.80. The molecule has 1 saturated heterocycles. The number of hydrogen-bond acceptors (Lipinski definition) is 2. The van der Waals surface area contributed by atoms with Gasteiger partial charge in [0.1, 0.15) is 10.8 Å². The molecular weight excluding hydrogens is 271 g/mol. The Kier molecular flexibility index (Phi) is 3.92. The minimum absolute atomic E-state index is 0.163. The van der Waals surface area contributed by atoms with Crippen LogP contribution in [0.4, 0.5) is 10.1 Å². The zero-order valence-corrected chi connectivity index (χ0v) is 12.5. The molecule has 2 nitrogen and oxygen atoms in total. The van der Waals surface area contributed by atoms with Crippen LogP contribution in [-0.4, -0.2) is 17.6 Å². The van der Waals surface area contributed by atoms with Gasteiger partial charge in [0.25, 0.3) is 0 Å². The zero-order valence-electron chi connectivity index (χ0n) is 11.6. The van der Waals surface area contributed by atoms with Crippen LogP contribution < -0.4 is 10.6 Å². The highest BCUT2D eigenvalue weighted by Gasteiger charge is 2.34. The highest BCUT2D eigenvalue weighted by atomic mass is 32.1. The lowest BCUT2D eigenvalue weighted by atomic mass is 9.78. The van der Waals surface area contributed by atoms with E-state index in [0.717, 1.165) is 18.2 Å². The molecule has 2 unspecified atom stereocenters. The van der Waals surface area contributed by atoms with Crippen LogP contribution >= 0.6 is 12.2 Å². The van der Waals surface area contributed by atoms with Gasteiger partial charge >= 0.3 is 0 Å². The molecule has 1 saturated carbocycles. The first-order chi connectivity index (χ1) is 9.68. The second-order valence-electron chi connectivity index (χ2n) is 5.95. The van der Waals surface area contributed by atoms with Gasteiger partial charge in [-0.2, -0.15) is 0 Å². The Morgan fingerprint density at radius 1 is 1.20 bits per heavy atom. The van der Waals surface area contributed by atoms with Crippen molar-refractivity contribution in [3.63, 3.8) is 0 Å². The van der Waals surface area contributed by atoms with E-state index in [1.807, 2.05) is 6.07 Å². The topological polar surface area (TPSA) is 29.3 Å². The van der Waals surface area contributed by atoms with Gasteiger partial charge in [-0.05, 0) is 43.7 Å². The summed E-state index contributed by atoms with van der Waals surface area (Å²) in [6.45, 7) is 0.986. The molecule has 0 bridgehead atoms. The lowest BCUT2D eigenvalue weighted by Gasteiger charge is -2.46. The third-order valence-electron chi connectivity index (χ3n) is 4.79. The smallest absolute Gasteiger partial charge is 0.135 e. The number of nitrogens with two attached hydrogens (primary N) is 1. The number of anilines is 1. The molecule has 4 heteroatoms. The summed E-state index contributed by atoms with van der Waals surface area (Å²) in [4.78, 5) is 2.53. The first-order valence-corrected chi connectivity index (χ1v) is 7.94. The fourth-order valence-corrected chi connectivity index (χ4v) is 4.12. The number of fused-ring (bicyclic) bond motifs is 1. The van der Waals surface area contributed by atoms with Gasteiger partial charge in [0, 0.05) is 12.6 Å². The van der Waals surface area contributed by atoms with Crippen molar-refractivity contribution in [2.45, 2.75) is 44.6 Å². The van der Waals surface area contributed by atoms with Crippen molar-refractivity contribution in [2.24, 2.45) is 11.7 Å². The monoisotopic (exact) mass is 292 g/mol. The van der Waals surface area contributed by atoms with Gasteiger partial charge in [-0.1, -0.05) is 31.1 Å². The Labute approximate surface area is 125 Å². The van der Waals surface area contributed by atoms with Crippen molar-refractivity contribution in [3.8, 4) is 0 Å². The van der Waals surface area contributed by atoms with Crippen LogP contribution in [0.25, 0.3) is 0 Å². The van der Waals surface area contributed by atoms with Crippen LogP contribution in [0.2, 0.25) is 0 Å². The van der Waals surface area contributed by atoms with Gasteiger partial charge < -0.3 is 10.6 Å². The molecule has 1 aromatic rings. The standard InChI is InChI=1S/C16H21FN2S/c17-12-7-3-9-14(15(12)16(18)20)19-10-4-6-11-5-1-2-8-13(11)19/h3,7,9,11,13H,1-2,4-6,8,10H2,(H2,18,20). The fourth-order valence-electron chi connectivity index (χ4n) is 3.92. The third-order valence-corrected chi connectivity index (χ3v) is 4.99. The number of hydrogen-bond donors (Lipinski definition) is 1. The zero-order chi connectivity index (χ0) is 14.1. The van der Waals surface area contributed by atoms with E-state index in [1.54, 1.807) is 6.07 Å². The van der Waals surface area contributed by atoms with E-state index in [-0.39, 0.29) is 10.8 Å². The molecule has 1 aromatic carbocycles.